The van der Waals surface area contributed by atoms with Crippen LogP contribution in [0.5, 0.6) is 11.6 Å². The van der Waals surface area contributed by atoms with Crippen LogP contribution < -0.4 is 14.8 Å². The number of rotatable bonds is 8. The molecule has 8 nitrogen and oxygen atoms in total. The summed E-state index contributed by atoms with van der Waals surface area (Å²) in [6.45, 7) is 3.13. The van der Waals surface area contributed by atoms with Crippen LogP contribution in [0.2, 0.25) is 0 Å². The molecule has 0 aliphatic rings. The largest absolute Gasteiger partial charge is 0.494 e. The van der Waals surface area contributed by atoms with Gasteiger partial charge in [0.2, 0.25) is 5.88 Å². The van der Waals surface area contributed by atoms with E-state index in [4.69, 9.17) is 9.47 Å². The summed E-state index contributed by atoms with van der Waals surface area (Å²) in [6.07, 6.45) is 0. The minimum atomic E-state index is -0.171. The SMILES string of the molecule is CCOc1ccc(C(=O)NCCOc2ccc3nnc(-c4ccccc4)n3n2)cc1. The zero-order chi connectivity index (χ0) is 20.8. The first-order chi connectivity index (χ1) is 14.7. The first-order valence-electron chi connectivity index (χ1n) is 9.66. The standard InChI is InChI=1S/C22H21N5O3/c1-2-29-18-10-8-17(9-11-18)22(28)23-14-15-30-20-13-12-19-24-25-21(27(19)26-20)16-6-4-3-5-7-16/h3-13H,2,14-15H2,1H3,(H,23,28). The van der Waals surface area contributed by atoms with Crippen molar-refractivity contribution in [1.82, 2.24) is 25.1 Å². The second kappa shape index (κ2) is 9.04. The molecule has 8 heteroatoms. The van der Waals surface area contributed by atoms with E-state index in [-0.39, 0.29) is 12.5 Å². The van der Waals surface area contributed by atoms with Gasteiger partial charge < -0.3 is 14.8 Å². The predicted molar refractivity (Wildman–Crippen MR) is 112 cm³/mol. The lowest BCUT2D eigenvalue weighted by Gasteiger charge is -2.08. The molecule has 0 fully saturated rings. The lowest BCUT2D eigenvalue weighted by molar-refractivity contribution is 0.0946. The molecule has 30 heavy (non-hydrogen) atoms. The zero-order valence-electron chi connectivity index (χ0n) is 16.5. The normalized spacial score (nSPS) is 10.7. The number of carbonyl (C=O) groups is 1. The third-order valence-corrected chi connectivity index (χ3v) is 4.34. The Bertz CT molecular complexity index is 1130. The van der Waals surface area contributed by atoms with E-state index in [1.807, 2.05) is 37.3 Å². The van der Waals surface area contributed by atoms with E-state index in [1.54, 1.807) is 40.9 Å². The minimum Gasteiger partial charge on any atom is -0.494 e. The predicted octanol–water partition coefficient (Wildman–Crippen LogP) is 3.00. The maximum absolute atomic E-state index is 12.2. The first kappa shape index (κ1) is 19.4. The van der Waals surface area contributed by atoms with Crippen LogP contribution >= 0.6 is 0 Å². The van der Waals surface area contributed by atoms with Gasteiger partial charge in [-0.25, -0.2) is 0 Å². The fourth-order valence-electron chi connectivity index (χ4n) is 2.91. The summed E-state index contributed by atoms with van der Waals surface area (Å²) in [4.78, 5) is 12.2. The van der Waals surface area contributed by atoms with Gasteiger partial charge in [-0.2, -0.15) is 4.52 Å². The first-order valence-corrected chi connectivity index (χ1v) is 9.66. The quantitative estimate of drug-likeness (QED) is 0.455. The van der Waals surface area contributed by atoms with Gasteiger partial charge in [-0.1, -0.05) is 30.3 Å². The maximum Gasteiger partial charge on any atom is 0.251 e. The molecule has 0 aliphatic heterocycles. The Labute approximate surface area is 173 Å². The van der Waals surface area contributed by atoms with Crippen LogP contribution in [-0.4, -0.2) is 45.5 Å². The van der Waals surface area contributed by atoms with Gasteiger partial charge in [0, 0.05) is 17.2 Å². The van der Waals surface area contributed by atoms with Crippen molar-refractivity contribution in [3.05, 3.63) is 72.3 Å². The number of aromatic nitrogens is 4. The highest BCUT2D eigenvalue weighted by molar-refractivity contribution is 5.94. The smallest absolute Gasteiger partial charge is 0.251 e. The van der Waals surface area contributed by atoms with Crippen LogP contribution in [-0.2, 0) is 0 Å². The highest BCUT2D eigenvalue weighted by atomic mass is 16.5. The van der Waals surface area contributed by atoms with Crippen LogP contribution in [0.1, 0.15) is 17.3 Å². The molecule has 0 aliphatic carbocycles. The number of amides is 1. The summed E-state index contributed by atoms with van der Waals surface area (Å²) in [5, 5.41) is 15.6. The Morgan fingerprint density at radius 2 is 1.77 bits per heavy atom. The van der Waals surface area contributed by atoms with E-state index in [0.717, 1.165) is 11.3 Å². The number of carbonyl (C=O) groups excluding carboxylic acids is 1. The summed E-state index contributed by atoms with van der Waals surface area (Å²) in [7, 11) is 0. The Hall–Kier alpha value is -3.94. The third-order valence-electron chi connectivity index (χ3n) is 4.34. The van der Waals surface area contributed by atoms with Gasteiger partial charge in [-0.05, 0) is 37.3 Å². The average molecular weight is 403 g/mol. The Morgan fingerprint density at radius 3 is 2.53 bits per heavy atom. The van der Waals surface area contributed by atoms with Crippen molar-refractivity contribution in [3.8, 4) is 23.0 Å². The van der Waals surface area contributed by atoms with Crippen LogP contribution in [0.4, 0.5) is 0 Å². The van der Waals surface area contributed by atoms with Crippen molar-refractivity contribution < 1.29 is 14.3 Å². The van der Waals surface area contributed by atoms with Gasteiger partial charge in [0.15, 0.2) is 11.5 Å². The average Bonchev–Trinajstić information content (AvgIpc) is 3.21. The number of benzene rings is 2. The molecule has 0 unspecified atom stereocenters. The van der Waals surface area contributed by atoms with E-state index in [9.17, 15) is 4.79 Å². The van der Waals surface area contributed by atoms with E-state index >= 15 is 0 Å². The molecule has 0 radical (unpaired) electrons. The van der Waals surface area contributed by atoms with Crippen LogP contribution in [0, 0.1) is 0 Å². The zero-order valence-corrected chi connectivity index (χ0v) is 16.5. The Balaban J connectivity index is 1.34. The van der Waals surface area contributed by atoms with Gasteiger partial charge in [0.1, 0.15) is 12.4 Å². The number of ether oxygens (including phenoxy) is 2. The molecule has 0 saturated carbocycles. The van der Waals surface area contributed by atoms with Gasteiger partial charge in [-0.3, -0.25) is 4.79 Å². The van der Waals surface area contributed by atoms with Crippen molar-refractivity contribution in [2.45, 2.75) is 6.92 Å². The topological polar surface area (TPSA) is 90.6 Å². The molecular weight excluding hydrogens is 382 g/mol. The molecule has 2 heterocycles. The van der Waals surface area contributed by atoms with Gasteiger partial charge >= 0.3 is 0 Å². The highest BCUT2D eigenvalue weighted by Crippen LogP contribution is 2.18. The van der Waals surface area contributed by atoms with Crippen LogP contribution in [0.3, 0.4) is 0 Å². The fraction of sp³-hybridized carbons (Fsp3) is 0.182. The molecule has 4 rings (SSSR count). The summed E-state index contributed by atoms with van der Waals surface area (Å²) in [5.74, 6) is 1.63. The highest BCUT2D eigenvalue weighted by Gasteiger charge is 2.10. The Kier molecular flexibility index (Phi) is 5.84. The van der Waals surface area contributed by atoms with Gasteiger partial charge in [0.05, 0.1) is 13.2 Å². The van der Waals surface area contributed by atoms with E-state index in [1.165, 1.54) is 0 Å². The molecular formula is C22H21N5O3. The van der Waals surface area contributed by atoms with Crippen LogP contribution in [0.25, 0.3) is 17.0 Å². The molecule has 2 aromatic carbocycles. The minimum absolute atomic E-state index is 0.171. The number of nitrogens with one attached hydrogen (secondary N) is 1. The fourth-order valence-corrected chi connectivity index (χ4v) is 2.91. The monoisotopic (exact) mass is 403 g/mol. The van der Waals surface area contributed by atoms with Crippen molar-refractivity contribution in [1.29, 1.82) is 0 Å². The summed E-state index contributed by atoms with van der Waals surface area (Å²) >= 11 is 0. The molecule has 0 atom stereocenters. The second-order valence-electron chi connectivity index (χ2n) is 6.39. The molecule has 2 aromatic heterocycles. The molecule has 0 spiro atoms. The van der Waals surface area contributed by atoms with Crippen molar-refractivity contribution >= 4 is 11.6 Å². The Morgan fingerprint density at radius 1 is 0.967 bits per heavy atom. The molecule has 0 saturated heterocycles. The van der Waals surface area contributed by atoms with E-state index in [2.05, 4.69) is 20.6 Å². The van der Waals surface area contributed by atoms with Crippen molar-refractivity contribution in [2.75, 3.05) is 19.8 Å². The molecule has 1 N–H and O–H groups in total. The second-order valence-corrected chi connectivity index (χ2v) is 6.39. The molecule has 152 valence electrons. The van der Waals surface area contributed by atoms with E-state index < -0.39 is 0 Å². The lowest BCUT2D eigenvalue weighted by atomic mass is 10.2. The molecule has 4 aromatic rings. The van der Waals surface area contributed by atoms with Crippen molar-refractivity contribution in [2.24, 2.45) is 0 Å². The lowest BCUT2D eigenvalue weighted by Crippen LogP contribution is -2.28. The third kappa shape index (κ3) is 4.38. The van der Waals surface area contributed by atoms with E-state index in [0.29, 0.717) is 36.1 Å². The number of hydrogen-bond acceptors (Lipinski definition) is 6. The summed E-state index contributed by atoms with van der Waals surface area (Å²) in [6, 6.07) is 20.2. The van der Waals surface area contributed by atoms with Gasteiger partial charge in [-0.15, -0.1) is 15.3 Å². The maximum atomic E-state index is 12.2. The summed E-state index contributed by atoms with van der Waals surface area (Å²) < 4.78 is 12.7. The number of fused-ring (bicyclic) bond motifs is 1. The van der Waals surface area contributed by atoms with Gasteiger partial charge in [0.25, 0.3) is 5.91 Å². The van der Waals surface area contributed by atoms with Crippen molar-refractivity contribution in [3.63, 3.8) is 0 Å². The molecule has 1 amide bonds. The number of nitrogens with zero attached hydrogens (tertiary/aromatic N) is 4. The molecule has 0 bridgehead atoms. The summed E-state index contributed by atoms with van der Waals surface area (Å²) in [5.41, 5.74) is 2.11. The van der Waals surface area contributed by atoms with Crippen LogP contribution in [0.15, 0.2) is 66.7 Å². The number of hydrogen-bond donors (Lipinski definition) is 1.